The van der Waals surface area contributed by atoms with E-state index in [-0.39, 0.29) is 18.5 Å². The molecular weight excluding hydrogens is 839 g/mol. The summed E-state index contributed by atoms with van der Waals surface area (Å²) < 4.78 is 5.49. The summed E-state index contributed by atoms with van der Waals surface area (Å²) in [6.45, 7) is 4.90. The van der Waals surface area contributed by atoms with Crippen molar-refractivity contribution in [2.75, 3.05) is 13.2 Å². The summed E-state index contributed by atoms with van der Waals surface area (Å²) in [4.78, 5) is 24.6. The molecule has 0 spiro atoms. The average molecular weight is 959 g/mol. The number of esters is 1. The number of carbonyl (C=O) groups is 2. The third kappa shape index (κ3) is 53.7. The molecule has 1 amide bonds. The first-order valence-electron chi connectivity index (χ1n) is 30.6. The first-order chi connectivity index (χ1) is 33.5. The Morgan fingerprint density at radius 1 is 0.397 bits per heavy atom. The fourth-order valence-electron chi connectivity index (χ4n) is 9.51. The van der Waals surface area contributed by atoms with Gasteiger partial charge in [-0.05, 0) is 57.8 Å². The topological polar surface area (TPSA) is 95.9 Å². The van der Waals surface area contributed by atoms with E-state index < -0.39 is 12.1 Å². The molecule has 0 aliphatic carbocycles. The summed E-state index contributed by atoms with van der Waals surface area (Å²) in [5.74, 6) is -0.0847. The molecule has 68 heavy (non-hydrogen) atoms. The molecule has 0 saturated heterocycles. The van der Waals surface area contributed by atoms with Crippen LogP contribution in [0.5, 0.6) is 0 Å². The minimum Gasteiger partial charge on any atom is -0.466 e. The van der Waals surface area contributed by atoms with E-state index in [1.54, 1.807) is 6.08 Å². The molecule has 2 atom stereocenters. The van der Waals surface area contributed by atoms with Crippen molar-refractivity contribution in [3.63, 3.8) is 0 Å². The van der Waals surface area contributed by atoms with E-state index in [1.165, 1.54) is 250 Å². The normalized spacial score (nSPS) is 12.7. The highest BCUT2D eigenvalue weighted by Crippen LogP contribution is 2.17. The highest BCUT2D eigenvalue weighted by atomic mass is 16.5. The van der Waals surface area contributed by atoms with Crippen LogP contribution in [0.25, 0.3) is 0 Å². The minimum absolute atomic E-state index is 0.00661. The van der Waals surface area contributed by atoms with E-state index >= 15 is 0 Å². The molecular formula is C62H119NO5. The number of nitrogens with one attached hydrogen (secondary N) is 1. The molecule has 0 radical (unpaired) electrons. The fraction of sp³-hybridized carbons (Fsp3) is 0.903. The Morgan fingerprint density at radius 3 is 1.04 bits per heavy atom. The molecule has 0 bridgehead atoms. The lowest BCUT2D eigenvalue weighted by Gasteiger charge is -2.20. The zero-order chi connectivity index (χ0) is 49.3. The van der Waals surface area contributed by atoms with Crippen LogP contribution in [0.1, 0.15) is 335 Å². The predicted octanol–water partition coefficient (Wildman–Crippen LogP) is 19.0. The van der Waals surface area contributed by atoms with E-state index in [4.69, 9.17) is 4.74 Å². The molecule has 0 aromatic carbocycles. The van der Waals surface area contributed by atoms with Crippen LogP contribution in [-0.2, 0) is 14.3 Å². The Kier molecular flexibility index (Phi) is 56.5. The highest BCUT2D eigenvalue weighted by Gasteiger charge is 2.18. The lowest BCUT2D eigenvalue weighted by atomic mass is 10.0. The summed E-state index contributed by atoms with van der Waals surface area (Å²) in [6, 6.07) is -0.638. The molecule has 0 aliphatic rings. The van der Waals surface area contributed by atoms with Gasteiger partial charge < -0.3 is 20.3 Å². The number of rotatable bonds is 57. The van der Waals surface area contributed by atoms with Gasteiger partial charge in [-0.1, -0.05) is 289 Å². The number of aliphatic hydroxyl groups excluding tert-OH is 2. The monoisotopic (exact) mass is 958 g/mol. The van der Waals surface area contributed by atoms with Crippen molar-refractivity contribution in [1.29, 1.82) is 0 Å². The summed E-state index contributed by atoms with van der Waals surface area (Å²) >= 11 is 0. The van der Waals surface area contributed by atoms with Gasteiger partial charge in [-0.2, -0.15) is 0 Å². The molecule has 0 aromatic heterocycles. The zero-order valence-corrected chi connectivity index (χ0v) is 45.9. The maximum atomic E-state index is 12.5. The number of hydrogen-bond acceptors (Lipinski definition) is 5. The Bertz CT molecular complexity index is 1060. The number of aliphatic hydroxyl groups is 2. The van der Waals surface area contributed by atoms with Crippen LogP contribution in [0.4, 0.5) is 0 Å². The number of allylic oxidation sites excluding steroid dienone is 3. The van der Waals surface area contributed by atoms with Crippen LogP contribution in [-0.4, -0.2) is 47.4 Å². The quantitative estimate of drug-likeness (QED) is 0.0321. The van der Waals surface area contributed by atoms with Crippen molar-refractivity contribution < 1.29 is 24.5 Å². The van der Waals surface area contributed by atoms with Crippen molar-refractivity contribution in [2.45, 2.75) is 347 Å². The summed E-state index contributed by atoms with van der Waals surface area (Å²) in [6.07, 6.45) is 70.6. The summed E-state index contributed by atoms with van der Waals surface area (Å²) in [7, 11) is 0. The number of ether oxygens (including phenoxy) is 1. The largest absolute Gasteiger partial charge is 0.466 e. The van der Waals surface area contributed by atoms with Gasteiger partial charge in [0.25, 0.3) is 0 Å². The van der Waals surface area contributed by atoms with E-state index in [9.17, 15) is 19.8 Å². The van der Waals surface area contributed by atoms with Crippen LogP contribution in [0.2, 0.25) is 0 Å². The molecule has 2 unspecified atom stereocenters. The van der Waals surface area contributed by atoms with E-state index in [0.29, 0.717) is 19.4 Å². The Labute approximate surface area is 424 Å². The van der Waals surface area contributed by atoms with Gasteiger partial charge in [0.1, 0.15) is 0 Å². The van der Waals surface area contributed by atoms with E-state index in [2.05, 4.69) is 31.3 Å². The molecule has 3 N–H and O–H groups in total. The molecule has 0 aromatic rings. The van der Waals surface area contributed by atoms with Crippen molar-refractivity contribution >= 4 is 11.9 Å². The van der Waals surface area contributed by atoms with Crippen molar-refractivity contribution in [1.82, 2.24) is 5.32 Å². The lowest BCUT2D eigenvalue weighted by Crippen LogP contribution is -2.45. The Balaban J connectivity index is 3.46. The van der Waals surface area contributed by atoms with Crippen molar-refractivity contribution in [3.8, 4) is 0 Å². The predicted molar refractivity (Wildman–Crippen MR) is 296 cm³/mol. The molecule has 0 aliphatic heterocycles. The minimum atomic E-state index is -0.854. The first-order valence-corrected chi connectivity index (χ1v) is 30.6. The average Bonchev–Trinajstić information content (AvgIpc) is 3.34. The third-order valence-corrected chi connectivity index (χ3v) is 14.2. The maximum absolute atomic E-state index is 12.5. The number of carbonyl (C=O) groups excluding carboxylic acids is 2. The number of amides is 1. The van der Waals surface area contributed by atoms with Crippen LogP contribution in [0.15, 0.2) is 24.3 Å². The van der Waals surface area contributed by atoms with Gasteiger partial charge in [-0.15, -0.1) is 0 Å². The molecule has 6 heteroatoms. The summed E-state index contributed by atoms with van der Waals surface area (Å²) in [5, 5.41) is 23.2. The maximum Gasteiger partial charge on any atom is 0.305 e. The fourth-order valence-corrected chi connectivity index (χ4v) is 9.51. The Hall–Kier alpha value is -1.66. The van der Waals surface area contributed by atoms with Crippen LogP contribution in [0.3, 0.4) is 0 Å². The number of hydrogen-bond donors (Lipinski definition) is 3. The van der Waals surface area contributed by atoms with Gasteiger partial charge in [0.15, 0.2) is 0 Å². The molecule has 0 rings (SSSR count). The smallest absolute Gasteiger partial charge is 0.305 e. The van der Waals surface area contributed by atoms with E-state index in [1.807, 2.05) is 6.08 Å². The second-order valence-electron chi connectivity index (χ2n) is 21.0. The first kappa shape index (κ1) is 66.3. The SMILES string of the molecule is CCCCCCCC/C=C\CCCCCCCCCCCC(=O)OCCCCCCCCCCCCCCCC(=O)NC(CO)C(O)/C=C/CCCCCCCCCCCCCCCCCCC. The van der Waals surface area contributed by atoms with Crippen molar-refractivity contribution in [2.24, 2.45) is 0 Å². The summed E-state index contributed by atoms with van der Waals surface area (Å²) in [5.41, 5.74) is 0. The van der Waals surface area contributed by atoms with Crippen molar-refractivity contribution in [3.05, 3.63) is 24.3 Å². The van der Waals surface area contributed by atoms with Crippen LogP contribution < -0.4 is 5.32 Å². The molecule has 0 fully saturated rings. The molecule has 0 heterocycles. The van der Waals surface area contributed by atoms with Gasteiger partial charge in [-0.3, -0.25) is 9.59 Å². The lowest BCUT2D eigenvalue weighted by molar-refractivity contribution is -0.143. The second kappa shape index (κ2) is 57.9. The molecule has 6 nitrogen and oxygen atoms in total. The van der Waals surface area contributed by atoms with Gasteiger partial charge in [-0.25, -0.2) is 0 Å². The zero-order valence-electron chi connectivity index (χ0n) is 45.9. The molecule has 402 valence electrons. The number of unbranched alkanes of at least 4 members (excludes halogenated alkanes) is 44. The van der Waals surface area contributed by atoms with E-state index in [0.717, 1.165) is 57.8 Å². The van der Waals surface area contributed by atoms with Crippen LogP contribution >= 0.6 is 0 Å². The third-order valence-electron chi connectivity index (χ3n) is 14.2. The second-order valence-corrected chi connectivity index (χ2v) is 21.0. The highest BCUT2D eigenvalue weighted by molar-refractivity contribution is 5.76. The van der Waals surface area contributed by atoms with Gasteiger partial charge in [0, 0.05) is 12.8 Å². The van der Waals surface area contributed by atoms with Gasteiger partial charge in [0.05, 0.1) is 25.4 Å². The van der Waals surface area contributed by atoms with Gasteiger partial charge >= 0.3 is 5.97 Å². The van der Waals surface area contributed by atoms with Gasteiger partial charge in [0.2, 0.25) is 5.91 Å². The standard InChI is InChI=1S/C62H119NO5/c1-3-5-7-9-11-13-15-17-19-21-23-25-27-30-34-38-42-46-50-54-60(65)59(58-64)63-61(66)55-51-47-43-39-35-31-29-33-37-41-45-49-53-57-68-62(67)56-52-48-44-40-36-32-28-26-24-22-20-18-16-14-12-10-8-6-4-2/h18,20,50,54,59-60,64-65H,3-17,19,21-49,51-53,55-58H2,1-2H3,(H,63,66)/b20-18-,54-50+. The van der Waals surface area contributed by atoms with Crippen LogP contribution in [0, 0.1) is 0 Å². The molecule has 0 saturated carbocycles. The Morgan fingerprint density at radius 2 is 0.691 bits per heavy atom.